The van der Waals surface area contributed by atoms with Crippen molar-refractivity contribution in [2.24, 2.45) is 0 Å². The fourth-order valence-electron chi connectivity index (χ4n) is 1.32. The van der Waals surface area contributed by atoms with E-state index in [1.807, 2.05) is 0 Å². The van der Waals surface area contributed by atoms with Crippen molar-refractivity contribution in [1.29, 1.82) is 0 Å². The highest BCUT2D eigenvalue weighted by Gasteiger charge is 2.44. The third-order valence-corrected chi connectivity index (χ3v) is 4.71. The molecule has 0 atom stereocenters. The van der Waals surface area contributed by atoms with Crippen LogP contribution in [0.1, 0.15) is 5.56 Å². The Bertz CT molecular complexity index is 513. The fraction of sp³-hybridized carbons (Fsp3) is 0.364. The average Bonchev–Trinajstić information content (AvgIpc) is 2.38. The molecule has 0 saturated heterocycles. The number of rotatable bonds is 6. The Morgan fingerprint density at radius 3 is 2.42 bits per heavy atom. The molecule has 4 nitrogen and oxygen atoms in total. The zero-order chi connectivity index (χ0) is 14.7. The number of Topliss-reactive ketones (excluding diaryl/α,β-unsaturated/α-hetero) is 1. The van der Waals surface area contributed by atoms with Crippen LogP contribution in [0.15, 0.2) is 28.7 Å². The van der Waals surface area contributed by atoms with Crippen molar-refractivity contribution >= 4 is 29.3 Å². The standard InChI is InChI=1S/C11H12BrF2O4P/c1-17-19(16,18-2)7-10(15)11(13,14)8-4-3-5-9(12)6-8/h3-6H,7H2,1-2H3. The minimum Gasteiger partial charge on any atom is -0.312 e. The Balaban J connectivity index is 3.01. The maximum Gasteiger partial charge on any atom is 0.337 e. The van der Waals surface area contributed by atoms with Gasteiger partial charge < -0.3 is 9.05 Å². The number of ketones is 1. The van der Waals surface area contributed by atoms with E-state index in [4.69, 9.17) is 0 Å². The lowest BCUT2D eigenvalue weighted by atomic mass is 10.1. The van der Waals surface area contributed by atoms with Crippen LogP contribution < -0.4 is 0 Å². The number of alkyl halides is 2. The molecule has 106 valence electrons. The van der Waals surface area contributed by atoms with Gasteiger partial charge in [-0.3, -0.25) is 9.36 Å². The fourth-order valence-corrected chi connectivity index (χ4v) is 2.68. The van der Waals surface area contributed by atoms with Gasteiger partial charge >= 0.3 is 13.5 Å². The van der Waals surface area contributed by atoms with Crippen LogP contribution in [0, 0.1) is 0 Å². The monoisotopic (exact) mass is 356 g/mol. The van der Waals surface area contributed by atoms with Crippen molar-refractivity contribution in [3.63, 3.8) is 0 Å². The van der Waals surface area contributed by atoms with E-state index in [0.29, 0.717) is 4.47 Å². The van der Waals surface area contributed by atoms with Gasteiger partial charge in [0.25, 0.3) is 0 Å². The SMILES string of the molecule is COP(=O)(CC(=O)C(F)(F)c1cccc(Br)c1)OC. The van der Waals surface area contributed by atoms with Crippen molar-refractivity contribution in [2.45, 2.75) is 5.92 Å². The zero-order valence-electron chi connectivity index (χ0n) is 10.2. The molecular formula is C11H12BrF2O4P. The molecule has 19 heavy (non-hydrogen) atoms. The Labute approximate surface area is 117 Å². The average molecular weight is 357 g/mol. The number of hydrogen-bond donors (Lipinski definition) is 0. The van der Waals surface area contributed by atoms with E-state index in [1.165, 1.54) is 6.07 Å². The van der Waals surface area contributed by atoms with Crippen molar-refractivity contribution in [1.82, 2.24) is 0 Å². The van der Waals surface area contributed by atoms with Crippen LogP contribution in [-0.2, 0) is 24.3 Å². The summed E-state index contributed by atoms with van der Waals surface area (Å²) < 4.78 is 48.9. The Kier molecular flexibility index (Phi) is 5.38. The van der Waals surface area contributed by atoms with Crippen molar-refractivity contribution < 1.29 is 27.2 Å². The quantitative estimate of drug-likeness (QED) is 0.731. The summed E-state index contributed by atoms with van der Waals surface area (Å²) in [5.41, 5.74) is -0.481. The van der Waals surface area contributed by atoms with E-state index in [2.05, 4.69) is 25.0 Å². The molecule has 0 amide bonds. The van der Waals surface area contributed by atoms with E-state index < -0.39 is 31.0 Å². The van der Waals surface area contributed by atoms with Gasteiger partial charge in [0.2, 0.25) is 5.78 Å². The summed E-state index contributed by atoms with van der Waals surface area (Å²) in [7, 11) is -1.73. The van der Waals surface area contributed by atoms with Gasteiger partial charge in [0.1, 0.15) is 6.16 Å². The Morgan fingerprint density at radius 2 is 1.95 bits per heavy atom. The van der Waals surface area contributed by atoms with Crippen LogP contribution in [0.25, 0.3) is 0 Å². The van der Waals surface area contributed by atoms with Gasteiger partial charge in [-0.15, -0.1) is 0 Å². The van der Waals surface area contributed by atoms with E-state index in [-0.39, 0.29) is 0 Å². The molecule has 0 aliphatic heterocycles. The summed E-state index contributed by atoms with van der Waals surface area (Å²) in [4.78, 5) is 11.6. The molecular weight excluding hydrogens is 345 g/mol. The van der Waals surface area contributed by atoms with Gasteiger partial charge in [-0.2, -0.15) is 8.78 Å². The van der Waals surface area contributed by atoms with Gasteiger partial charge in [-0.25, -0.2) is 0 Å². The minimum absolute atomic E-state index is 0.416. The van der Waals surface area contributed by atoms with Crippen molar-refractivity contribution in [2.75, 3.05) is 20.4 Å². The van der Waals surface area contributed by atoms with Crippen LogP contribution in [0.4, 0.5) is 8.78 Å². The maximum absolute atomic E-state index is 13.9. The van der Waals surface area contributed by atoms with E-state index in [9.17, 15) is 18.1 Å². The molecule has 1 aromatic rings. The van der Waals surface area contributed by atoms with Gasteiger partial charge in [-0.1, -0.05) is 28.1 Å². The van der Waals surface area contributed by atoms with Gasteiger partial charge in [0, 0.05) is 24.3 Å². The summed E-state index contributed by atoms with van der Waals surface area (Å²) in [5, 5.41) is 0. The molecule has 0 radical (unpaired) electrons. The smallest absolute Gasteiger partial charge is 0.312 e. The largest absolute Gasteiger partial charge is 0.337 e. The van der Waals surface area contributed by atoms with Crippen LogP contribution >= 0.6 is 23.5 Å². The summed E-state index contributed by atoms with van der Waals surface area (Å²) in [5.74, 6) is -5.27. The van der Waals surface area contributed by atoms with Crippen molar-refractivity contribution in [3.05, 3.63) is 34.3 Å². The number of benzene rings is 1. The zero-order valence-corrected chi connectivity index (χ0v) is 12.7. The number of carbonyl (C=O) groups excluding carboxylic acids is 1. The first-order chi connectivity index (χ1) is 8.75. The number of hydrogen-bond acceptors (Lipinski definition) is 4. The maximum atomic E-state index is 13.9. The topological polar surface area (TPSA) is 52.6 Å². The molecule has 0 bridgehead atoms. The first kappa shape index (κ1) is 16.4. The third-order valence-electron chi connectivity index (χ3n) is 2.43. The molecule has 0 saturated carbocycles. The molecule has 0 aromatic heterocycles. The second-order valence-electron chi connectivity index (χ2n) is 3.64. The second-order valence-corrected chi connectivity index (χ2v) is 6.83. The lowest BCUT2D eigenvalue weighted by Gasteiger charge is -2.18. The highest BCUT2D eigenvalue weighted by Crippen LogP contribution is 2.48. The van der Waals surface area contributed by atoms with E-state index >= 15 is 0 Å². The molecule has 0 spiro atoms. The molecule has 1 rings (SSSR count). The molecule has 8 heteroatoms. The van der Waals surface area contributed by atoms with Crippen molar-refractivity contribution in [3.8, 4) is 0 Å². The third kappa shape index (κ3) is 3.92. The van der Waals surface area contributed by atoms with E-state index in [1.54, 1.807) is 6.07 Å². The number of carbonyl (C=O) groups is 1. The molecule has 0 unspecified atom stereocenters. The molecule has 0 aliphatic carbocycles. The first-order valence-corrected chi connectivity index (χ1v) is 7.65. The molecule has 0 fully saturated rings. The lowest BCUT2D eigenvalue weighted by Crippen LogP contribution is -2.29. The molecule has 0 N–H and O–H groups in total. The minimum atomic E-state index is -3.81. The Morgan fingerprint density at radius 1 is 1.37 bits per heavy atom. The summed E-state index contributed by atoms with van der Waals surface area (Å²) >= 11 is 3.04. The van der Waals surface area contributed by atoms with Crippen LogP contribution in [0.2, 0.25) is 0 Å². The molecule has 0 heterocycles. The highest BCUT2D eigenvalue weighted by molar-refractivity contribution is 9.10. The molecule has 1 aromatic carbocycles. The highest BCUT2D eigenvalue weighted by atomic mass is 79.9. The van der Waals surface area contributed by atoms with Gasteiger partial charge in [0.05, 0.1) is 0 Å². The van der Waals surface area contributed by atoms with Crippen LogP contribution in [0.3, 0.4) is 0 Å². The Hall–Kier alpha value is -0.620. The van der Waals surface area contributed by atoms with Gasteiger partial charge in [-0.05, 0) is 12.1 Å². The number of halogens is 3. The van der Waals surface area contributed by atoms with E-state index in [0.717, 1.165) is 26.4 Å². The van der Waals surface area contributed by atoms with Crippen LogP contribution in [0.5, 0.6) is 0 Å². The normalized spacial score (nSPS) is 12.5. The van der Waals surface area contributed by atoms with Gasteiger partial charge in [0.15, 0.2) is 0 Å². The second kappa shape index (κ2) is 6.22. The van der Waals surface area contributed by atoms with Crippen LogP contribution in [-0.4, -0.2) is 26.2 Å². The predicted octanol–water partition coefficient (Wildman–Crippen LogP) is 3.60. The molecule has 0 aliphatic rings. The summed E-state index contributed by atoms with van der Waals surface area (Å²) in [6.07, 6.45) is -0.987. The summed E-state index contributed by atoms with van der Waals surface area (Å²) in [6.45, 7) is 0. The first-order valence-electron chi connectivity index (χ1n) is 5.13. The summed E-state index contributed by atoms with van der Waals surface area (Å²) in [6, 6.07) is 5.18. The lowest BCUT2D eigenvalue weighted by molar-refractivity contribution is -0.141. The predicted molar refractivity (Wildman–Crippen MR) is 69.5 cm³/mol.